The van der Waals surface area contributed by atoms with E-state index in [1.165, 1.54) is 12.5 Å². The second-order valence-corrected chi connectivity index (χ2v) is 5.18. The third kappa shape index (κ3) is 4.96. The van der Waals surface area contributed by atoms with E-state index in [0.29, 0.717) is 11.3 Å². The fourth-order valence-corrected chi connectivity index (χ4v) is 2.02. The quantitative estimate of drug-likeness (QED) is 0.731. The van der Waals surface area contributed by atoms with Gasteiger partial charge in [-0.05, 0) is 37.2 Å². The van der Waals surface area contributed by atoms with Gasteiger partial charge in [0.25, 0.3) is 5.91 Å². The maximum atomic E-state index is 12.2. The summed E-state index contributed by atoms with van der Waals surface area (Å²) in [6.07, 6.45) is 2.75. The highest BCUT2D eigenvalue weighted by Crippen LogP contribution is 2.11. The van der Waals surface area contributed by atoms with Crippen molar-refractivity contribution < 1.29 is 14.0 Å². The van der Waals surface area contributed by atoms with Gasteiger partial charge in [0.15, 0.2) is 0 Å². The Morgan fingerprint density at radius 1 is 1.26 bits per heavy atom. The summed E-state index contributed by atoms with van der Waals surface area (Å²) in [5.41, 5.74) is 2.17. The summed E-state index contributed by atoms with van der Waals surface area (Å²) >= 11 is 0. The summed E-state index contributed by atoms with van der Waals surface area (Å²) in [5.74, 6) is -0.621. The topological polar surface area (TPSA) is 83.4 Å². The van der Waals surface area contributed by atoms with E-state index in [1.54, 1.807) is 13.0 Å². The van der Waals surface area contributed by atoms with Crippen LogP contribution in [0.3, 0.4) is 0 Å². The molecule has 6 heteroatoms. The van der Waals surface area contributed by atoms with Gasteiger partial charge in [-0.3, -0.25) is 9.59 Å². The lowest BCUT2D eigenvalue weighted by Crippen LogP contribution is -2.41. The molecule has 0 saturated heterocycles. The smallest absolute Gasteiger partial charge is 0.255 e. The Hall–Kier alpha value is -2.60. The molecule has 2 aromatic rings. The van der Waals surface area contributed by atoms with E-state index in [2.05, 4.69) is 16.0 Å². The summed E-state index contributed by atoms with van der Waals surface area (Å²) < 4.78 is 4.85. The highest BCUT2D eigenvalue weighted by Gasteiger charge is 2.17. The van der Waals surface area contributed by atoms with E-state index < -0.39 is 6.04 Å². The molecule has 0 saturated carbocycles. The van der Waals surface area contributed by atoms with E-state index in [4.69, 9.17) is 4.42 Å². The van der Waals surface area contributed by atoms with Crippen molar-refractivity contribution >= 4 is 17.5 Å². The van der Waals surface area contributed by atoms with Crippen LogP contribution in [0.1, 0.15) is 29.8 Å². The molecule has 0 spiro atoms. The number of amides is 2. The van der Waals surface area contributed by atoms with Crippen LogP contribution in [-0.2, 0) is 11.3 Å². The van der Waals surface area contributed by atoms with Gasteiger partial charge in [0.05, 0.1) is 11.8 Å². The van der Waals surface area contributed by atoms with Gasteiger partial charge >= 0.3 is 0 Å². The normalized spacial score (nSPS) is 11.7. The van der Waals surface area contributed by atoms with E-state index in [9.17, 15) is 9.59 Å². The molecule has 1 aromatic heterocycles. The van der Waals surface area contributed by atoms with Gasteiger partial charge in [0.1, 0.15) is 12.3 Å². The minimum atomic E-state index is -0.658. The molecular weight excluding hydrogens is 294 g/mol. The SMILES string of the molecule is CCNCc1cccc(NC(=O)C(C)NC(=O)c2ccoc2)c1. The van der Waals surface area contributed by atoms with Crippen LogP contribution in [0.15, 0.2) is 47.3 Å². The van der Waals surface area contributed by atoms with Crippen LogP contribution in [0, 0.1) is 0 Å². The molecule has 1 heterocycles. The molecule has 0 radical (unpaired) electrons. The summed E-state index contributed by atoms with van der Waals surface area (Å²) in [6.45, 7) is 5.30. The fraction of sp³-hybridized carbons (Fsp3) is 0.294. The van der Waals surface area contributed by atoms with E-state index in [-0.39, 0.29) is 11.8 Å². The van der Waals surface area contributed by atoms with Crippen LogP contribution >= 0.6 is 0 Å². The van der Waals surface area contributed by atoms with Crippen LogP contribution in [0.5, 0.6) is 0 Å². The van der Waals surface area contributed by atoms with Crippen LogP contribution in [-0.4, -0.2) is 24.4 Å². The summed E-state index contributed by atoms with van der Waals surface area (Å²) in [6, 6.07) is 8.49. The first-order valence-corrected chi connectivity index (χ1v) is 7.53. The number of carbonyl (C=O) groups is 2. The lowest BCUT2D eigenvalue weighted by atomic mass is 10.2. The monoisotopic (exact) mass is 315 g/mol. The van der Waals surface area contributed by atoms with Crippen molar-refractivity contribution in [2.75, 3.05) is 11.9 Å². The summed E-state index contributed by atoms with van der Waals surface area (Å²) in [5, 5.41) is 8.66. The van der Waals surface area contributed by atoms with Crippen molar-refractivity contribution in [1.82, 2.24) is 10.6 Å². The molecule has 122 valence electrons. The molecule has 0 aliphatic rings. The highest BCUT2D eigenvalue weighted by atomic mass is 16.3. The Balaban J connectivity index is 1.91. The van der Waals surface area contributed by atoms with Crippen LogP contribution < -0.4 is 16.0 Å². The molecule has 1 unspecified atom stereocenters. The van der Waals surface area contributed by atoms with Crippen molar-refractivity contribution in [1.29, 1.82) is 0 Å². The lowest BCUT2D eigenvalue weighted by molar-refractivity contribution is -0.117. The van der Waals surface area contributed by atoms with Crippen molar-refractivity contribution in [2.45, 2.75) is 26.4 Å². The maximum absolute atomic E-state index is 12.2. The first kappa shape index (κ1) is 16.8. The largest absolute Gasteiger partial charge is 0.472 e. The molecule has 2 rings (SSSR count). The predicted molar refractivity (Wildman–Crippen MR) is 88.1 cm³/mol. The van der Waals surface area contributed by atoms with Gasteiger partial charge in [0, 0.05) is 12.2 Å². The molecule has 0 aliphatic heterocycles. The molecule has 1 atom stereocenters. The van der Waals surface area contributed by atoms with Gasteiger partial charge < -0.3 is 20.4 Å². The van der Waals surface area contributed by atoms with E-state index in [1.807, 2.05) is 31.2 Å². The predicted octanol–water partition coefficient (Wildman–Crippen LogP) is 2.15. The number of carbonyl (C=O) groups excluding carboxylic acids is 2. The summed E-state index contributed by atoms with van der Waals surface area (Å²) in [7, 11) is 0. The Morgan fingerprint density at radius 2 is 2.09 bits per heavy atom. The van der Waals surface area contributed by atoms with E-state index >= 15 is 0 Å². The molecule has 23 heavy (non-hydrogen) atoms. The van der Waals surface area contributed by atoms with Crippen LogP contribution in [0.4, 0.5) is 5.69 Å². The van der Waals surface area contributed by atoms with Gasteiger partial charge in [-0.25, -0.2) is 0 Å². The number of anilines is 1. The number of hydrogen-bond donors (Lipinski definition) is 3. The van der Waals surface area contributed by atoms with Gasteiger partial charge in [-0.15, -0.1) is 0 Å². The Kier molecular flexibility index (Phi) is 5.94. The van der Waals surface area contributed by atoms with Crippen molar-refractivity contribution in [2.24, 2.45) is 0 Å². The Bertz CT molecular complexity index is 653. The number of rotatable bonds is 7. The van der Waals surface area contributed by atoms with Crippen LogP contribution in [0.25, 0.3) is 0 Å². The van der Waals surface area contributed by atoms with Gasteiger partial charge in [-0.2, -0.15) is 0 Å². The standard InChI is InChI=1S/C17H21N3O3/c1-3-18-10-13-5-4-6-15(9-13)20-16(21)12(2)19-17(22)14-7-8-23-11-14/h4-9,11-12,18H,3,10H2,1-2H3,(H,19,22)(H,20,21). The molecule has 0 fully saturated rings. The molecule has 6 nitrogen and oxygen atoms in total. The van der Waals surface area contributed by atoms with Gasteiger partial charge in [-0.1, -0.05) is 19.1 Å². The van der Waals surface area contributed by atoms with Gasteiger partial charge in [0.2, 0.25) is 5.91 Å². The van der Waals surface area contributed by atoms with Crippen LogP contribution in [0.2, 0.25) is 0 Å². The third-order valence-electron chi connectivity index (χ3n) is 3.30. The third-order valence-corrected chi connectivity index (χ3v) is 3.30. The minimum Gasteiger partial charge on any atom is -0.472 e. The molecule has 1 aromatic carbocycles. The number of nitrogens with one attached hydrogen (secondary N) is 3. The fourth-order valence-electron chi connectivity index (χ4n) is 2.02. The summed E-state index contributed by atoms with van der Waals surface area (Å²) in [4.78, 5) is 24.1. The number of furan rings is 1. The second-order valence-electron chi connectivity index (χ2n) is 5.18. The first-order valence-electron chi connectivity index (χ1n) is 7.53. The van der Waals surface area contributed by atoms with Crippen molar-refractivity contribution in [3.63, 3.8) is 0 Å². The first-order chi connectivity index (χ1) is 11.1. The Morgan fingerprint density at radius 3 is 2.78 bits per heavy atom. The molecular formula is C17H21N3O3. The minimum absolute atomic E-state index is 0.276. The molecule has 0 bridgehead atoms. The van der Waals surface area contributed by atoms with Crippen molar-refractivity contribution in [3.05, 3.63) is 54.0 Å². The average Bonchev–Trinajstić information content (AvgIpc) is 3.07. The number of benzene rings is 1. The average molecular weight is 315 g/mol. The molecule has 2 amide bonds. The zero-order chi connectivity index (χ0) is 16.7. The zero-order valence-corrected chi connectivity index (χ0v) is 13.3. The zero-order valence-electron chi connectivity index (χ0n) is 13.3. The maximum Gasteiger partial charge on any atom is 0.255 e. The lowest BCUT2D eigenvalue weighted by Gasteiger charge is -2.14. The Labute approximate surface area is 135 Å². The second kappa shape index (κ2) is 8.14. The molecule has 0 aliphatic carbocycles. The number of hydrogen-bond acceptors (Lipinski definition) is 4. The molecule has 3 N–H and O–H groups in total. The van der Waals surface area contributed by atoms with E-state index in [0.717, 1.165) is 18.7 Å². The highest BCUT2D eigenvalue weighted by molar-refractivity contribution is 6.00. The van der Waals surface area contributed by atoms with Crippen molar-refractivity contribution in [3.8, 4) is 0 Å².